The highest BCUT2D eigenvalue weighted by Crippen LogP contribution is 2.28. The van der Waals surface area contributed by atoms with Crippen LogP contribution < -0.4 is 4.74 Å². The zero-order chi connectivity index (χ0) is 36.0. The van der Waals surface area contributed by atoms with E-state index < -0.39 is 24.2 Å². The Morgan fingerprint density at radius 3 is 1.68 bits per heavy atom. The zero-order valence-corrected chi connectivity index (χ0v) is 29.9. The highest BCUT2D eigenvalue weighted by Gasteiger charge is 2.42. The number of esters is 2. The van der Waals surface area contributed by atoms with E-state index in [0.717, 1.165) is 42.9 Å². The summed E-state index contributed by atoms with van der Waals surface area (Å²) in [5.74, 6) is -1.26. The molecule has 50 heavy (non-hydrogen) atoms. The lowest BCUT2D eigenvalue weighted by Crippen LogP contribution is -2.33. The molecular weight excluding hydrogens is 637 g/mol. The summed E-state index contributed by atoms with van der Waals surface area (Å²) in [4.78, 5) is 24.9. The van der Waals surface area contributed by atoms with Crippen molar-refractivity contribution >= 4 is 18.0 Å². The second kappa shape index (κ2) is 22.8. The first-order valence-electron chi connectivity index (χ1n) is 18.7. The minimum atomic E-state index is -4.61. The Kier molecular flexibility index (Phi) is 18.5. The Labute approximate surface area is 297 Å². The van der Waals surface area contributed by atoms with Crippen LogP contribution in [0.1, 0.15) is 138 Å². The molecule has 0 bridgehead atoms. The van der Waals surface area contributed by atoms with Gasteiger partial charge < -0.3 is 9.47 Å². The Balaban J connectivity index is 1.41. The van der Waals surface area contributed by atoms with Gasteiger partial charge in [0.25, 0.3) is 0 Å². The molecule has 0 aromatic heterocycles. The molecule has 0 saturated heterocycles. The summed E-state index contributed by atoms with van der Waals surface area (Å²) in [6.45, 7) is 4.29. The van der Waals surface area contributed by atoms with E-state index in [1.165, 1.54) is 75.8 Å². The Morgan fingerprint density at radius 1 is 0.640 bits per heavy atom. The van der Waals surface area contributed by atoms with Crippen LogP contribution in [0, 0.1) is 0 Å². The zero-order valence-electron chi connectivity index (χ0n) is 29.9. The topological polar surface area (TPSA) is 52.6 Å². The van der Waals surface area contributed by atoms with Crippen LogP contribution in [0.15, 0.2) is 78.9 Å². The smallest absolute Gasteiger partial charge is 0.425 e. The molecule has 0 fully saturated rings. The van der Waals surface area contributed by atoms with Crippen molar-refractivity contribution in [3.8, 4) is 16.9 Å². The second-order valence-corrected chi connectivity index (χ2v) is 13.2. The number of alkyl halides is 3. The van der Waals surface area contributed by atoms with Gasteiger partial charge in [0.1, 0.15) is 5.75 Å². The molecule has 1 atom stereocenters. The van der Waals surface area contributed by atoms with Crippen molar-refractivity contribution in [2.45, 2.75) is 135 Å². The fourth-order valence-electron chi connectivity index (χ4n) is 5.86. The number of unbranched alkanes of at least 4 members (excludes halogenated alkanes) is 13. The lowest BCUT2D eigenvalue weighted by atomic mass is 10.00. The Bertz CT molecular complexity index is 1410. The van der Waals surface area contributed by atoms with Crippen LogP contribution in [0.4, 0.5) is 13.2 Å². The maximum atomic E-state index is 13.4. The number of ether oxygens (including phenoxy) is 2. The largest absolute Gasteiger partial charge is 0.450 e. The van der Waals surface area contributed by atoms with E-state index in [4.69, 9.17) is 9.47 Å². The van der Waals surface area contributed by atoms with Crippen molar-refractivity contribution < 1.29 is 32.2 Å². The molecule has 0 heterocycles. The van der Waals surface area contributed by atoms with Gasteiger partial charge in [0.05, 0.1) is 5.56 Å². The summed E-state index contributed by atoms with van der Waals surface area (Å²) in [5, 5.41) is 0. The normalized spacial score (nSPS) is 12.3. The third-order valence-electron chi connectivity index (χ3n) is 8.92. The molecule has 0 amide bonds. The van der Waals surface area contributed by atoms with Crippen molar-refractivity contribution in [3.05, 3.63) is 95.6 Å². The first kappa shape index (κ1) is 40.6. The van der Waals surface area contributed by atoms with Gasteiger partial charge in [-0.2, -0.15) is 13.2 Å². The van der Waals surface area contributed by atoms with Crippen LogP contribution in [0.25, 0.3) is 17.2 Å². The van der Waals surface area contributed by atoms with Crippen molar-refractivity contribution in [1.29, 1.82) is 0 Å². The van der Waals surface area contributed by atoms with Crippen molar-refractivity contribution in [1.82, 2.24) is 0 Å². The van der Waals surface area contributed by atoms with Crippen LogP contribution >= 0.6 is 0 Å². The predicted octanol–water partition coefficient (Wildman–Crippen LogP) is 12.9. The van der Waals surface area contributed by atoms with E-state index in [9.17, 15) is 22.8 Å². The minimum Gasteiger partial charge on any atom is -0.450 e. The fraction of sp³-hybridized carbons (Fsp3) is 0.488. The average Bonchev–Trinajstić information content (AvgIpc) is 3.11. The highest BCUT2D eigenvalue weighted by atomic mass is 19.4. The monoisotopic (exact) mass is 692 g/mol. The standard InChI is InChI=1S/C43H55F3O4/c1-3-5-7-9-10-11-12-13-15-16-18-34-20-25-36(26-21-34)37-27-29-38(30-28-37)42(48)49-39-31-22-35(23-32-39)24-33-41(47)50-40(43(44,45)46)19-17-14-8-6-4-2/h20-33,40H,3-19H2,1-2H3/t40-/m0/s1. The number of hydrogen-bond donors (Lipinski definition) is 0. The summed E-state index contributed by atoms with van der Waals surface area (Å²) in [6, 6.07) is 22.2. The quantitative estimate of drug-likeness (QED) is 0.0430. The van der Waals surface area contributed by atoms with Gasteiger partial charge in [-0.05, 0) is 78.3 Å². The average molecular weight is 693 g/mol. The number of hydrogen-bond acceptors (Lipinski definition) is 4. The van der Waals surface area contributed by atoms with Crippen LogP contribution in [0.3, 0.4) is 0 Å². The molecule has 4 nitrogen and oxygen atoms in total. The Morgan fingerprint density at radius 2 is 1.14 bits per heavy atom. The molecule has 0 aliphatic rings. The van der Waals surface area contributed by atoms with Crippen molar-refractivity contribution in [2.75, 3.05) is 0 Å². The molecule has 0 unspecified atom stereocenters. The van der Waals surface area contributed by atoms with Crippen LogP contribution in [0.5, 0.6) is 5.75 Å². The predicted molar refractivity (Wildman–Crippen MR) is 197 cm³/mol. The molecule has 3 aromatic rings. The van der Waals surface area contributed by atoms with E-state index >= 15 is 0 Å². The van der Waals surface area contributed by atoms with Crippen LogP contribution in [0.2, 0.25) is 0 Å². The first-order valence-corrected chi connectivity index (χ1v) is 18.7. The lowest BCUT2D eigenvalue weighted by molar-refractivity contribution is -0.220. The third kappa shape index (κ3) is 15.8. The first-order chi connectivity index (χ1) is 24.2. The van der Waals surface area contributed by atoms with E-state index in [1.807, 2.05) is 19.1 Å². The van der Waals surface area contributed by atoms with Gasteiger partial charge in [-0.15, -0.1) is 0 Å². The molecule has 0 aliphatic carbocycles. The van der Waals surface area contributed by atoms with E-state index in [-0.39, 0.29) is 6.42 Å². The van der Waals surface area contributed by atoms with Crippen molar-refractivity contribution in [2.24, 2.45) is 0 Å². The van der Waals surface area contributed by atoms with Gasteiger partial charge in [-0.25, -0.2) is 9.59 Å². The van der Waals surface area contributed by atoms with E-state index in [1.54, 1.807) is 36.4 Å². The van der Waals surface area contributed by atoms with E-state index in [0.29, 0.717) is 29.7 Å². The third-order valence-corrected chi connectivity index (χ3v) is 8.92. The van der Waals surface area contributed by atoms with Crippen molar-refractivity contribution in [3.63, 3.8) is 0 Å². The second-order valence-electron chi connectivity index (χ2n) is 13.2. The molecular formula is C43H55F3O4. The molecule has 0 N–H and O–H groups in total. The summed E-state index contributed by atoms with van der Waals surface area (Å²) < 4.78 is 50.3. The SMILES string of the molecule is CCCCCCCCCCCCc1ccc(-c2ccc(C(=O)Oc3ccc(C=CC(=O)O[C@@H](CCCCCCC)C(F)(F)F)cc3)cc2)cc1. The van der Waals surface area contributed by atoms with Gasteiger partial charge in [0, 0.05) is 6.08 Å². The fourth-order valence-corrected chi connectivity index (χ4v) is 5.86. The maximum Gasteiger partial charge on any atom is 0.425 e. The summed E-state index contributed by atoms with van der Waals surface area (Å²) in [6.07, 6.45) is 13.6. The minimum absolute atomic E-state index is 0.248. The summed E-state index contributed by atoms with van der Waals surface area (Å²) >= 11 is 0. The molecule has 0 spiro atoms. The molecule has 0 radical (unpaired) electrons. The number of carbonyl (C=O) groups excluding carboxylic acids is 2. The number of aryl methyl sites for hydroxylation is 1. The molecule has 272 valence electrons. The molecule has 0 saturated carbocycles. The van der Waals surface area contributed by atoms with E-state index in [2.05, 4.69) is 31.2 Å². The number of rotatable bonds is 23. The van der Waals surface area contributed by atoms with Gasteiger partial charge in [0.2, 0.25) is 0 Å². The number of carbonyl (C=O) groups is 2. The summed E-state index contributed by atoms with van der Waals surface area (Å²) in [7, 11) is 0. The van der Waals surface area contributed by atoms with Gasteiger partial charge in [0.15, 0.2) is 6.10 Å². The van der Waals surface area contributed by atoms with Gasteiger partial charge in [-0.3, -0.25) is 0 Å². The molecule has 0 aliphatic heterocycles. The van der Waals surface area contributed by atoms with Gasteiger partial charge >= 0.3 is 18.1 Å². The lowest BCUT2D eigenvalue weighted by Gasteiger charge is -2.19. The molecule has 7 heteroatoms. The summed E-state index contributed by atoms with van der Waals surface area (Å²) in [5.41, 5.74) is 4.38. The highest BCUT2D eigenvalue weighted by molar-refractivity contribution is 5.91. The maximum absolute atomic E-state index is 13.4. The molecule has 3 aromatic carbocycles. The van der Waals surface area contributed by atoms with Gasteiger partial charge in [-0.1, -0.05) is 146 Å². The number of halogens is 3. The van der Waals surface area contributed by atoms with Crippen LogP contribution in [-0.4, -0.2) is 24.2 Å². The van der Waals surface area contributed by atoms with Crippen LogP contribution in [-0.2, 0) is 16.0 Å². The Hall–Kier alpha value is -3.87. The number of benzene rings is 3. The molecule has 3 rings (SSSR count).